The van der Waals surface area contributed by atoms with Crippen molar-refractivity contribution in [1.29, 1.82) is 0 Å². The molecule has 0 fully saturated rings. The molecule has 0 aliphatic carbocycles. The van der Waals surface area contributed by atoms with Crippen LogP contribution in [0.2, 0.25) is 10.0 Å². The summed E-state index contributed by atoms with van der Waals surface area (Å²) in [5.41, 5.74) is -0.134. The maximum absolute atomic E-state index is 12.2. The second-order valence-corrected chi connectivity index (χ2v) is 7.27. The number of carbonyl (C=O) groups is 1. The summed E-state index contributed by atoms with van der Waals surface area (Å²) < 4.78 is 26.6. The first-order chi connectivity index (χ1) is 9.81. The molecule has 112 valence electrons. The largest absolute Gasteiger partial charge is 0.476 e. The van der Waals surface area contributed by atoms with Crippen LogP contribution in [0.5, 0.6) is 0 Å². The van der Waals surface area contributed by atoms with Gasteiger partial charge in [-0.1, -0.05) is 29.3 Å². The average molecular weight is 367 g/mol. The molecule has 1 heterocycles. The summed E-state index contributed by atoms with van der Waals surface area (Å²) in [6, 6.07) is 4.35. The predicted octanol–water partition coefficient (Wildman–Crippen LogP) is 2.63. The highest BCUT2D eigenvalue weighted by molar-refractivity contribution is 7.89. The number of carboxylic acids is 1. The number of hydrogen-bond donors (Lipinski definition) is 2. The monoisotopic (exact) mass is 366 g/mol. The first-order valence-corrected chi connectivity index (χ1v) is 8.54. The first kappa shape index (κ1) is 16.2. The van der Waals surface area contributed by atoms with Gasteiger partial charge in [-0.25, -0.2) is 22.9 Å². The predicted molar refractivity (Wildman–Crippen MR) is 79.6 cm³/mol. The normalized spacial score (nSPS) is 11.5. The molecule has 2 aromatic rings. The van der Waals surface area contributed by atoms with Gasteiger partial charge >= 0.3 is 5.97 Å². The lowest BCUT2D eigenvalue weighted by molar-refractivity contribution is 0.0691. The standard InChI is InChI=1S/C11H8Cl2N2O4S2/c12-6-2-1-3-7(13)10(6)21(18,19)14-4-9-15-8(5-20-9)11(16)17/h1-3,5,14H,4H2,(H,16,17). The molecule has 10 heteroatoms. The molecule has 0 aliphatic rings. The van der Waals surface area contributed by atoms with Gasteiger partial charge < -0.3 is 5.11 Å². The molecule has 0 radical (unpaired) electrons. The molecule has 0 atom stereocenters. The molecule has 1 aromatic carbocycles. The molecule has 2 N–H and O–H groups in total. The molecule has 0 spiro atoms. The number of sulfonamides is 1. The van der Waals surface area contributed by atoms with Gasteiger partial charge in [-0.15, -0.1) is 11.3 Å². The van der Waals surface area contributed by atoms with Crippen LogP contribution in [-0.4, -0.2) is 24.5 Å². The number of hydrogen-bond acceptors (Lipinski definition) is 5. The van der Waals surface area contributed by atoms with Gasteiger partial charge in [0.2, 0.25) is 10.0 Å². The Labute approximate surface area is 134 Å². The second-order valence-electron chi connectivity index (χ2n) is 3.81. The van der Waals surface area contributed by atoms with Crippen LogP contribution in [-0.2, 0) is 16.6 Å². The highest BCUT2D eigenvalue weighted by Crippen LogP contribution is 2.28. The van der Waals surface area contributed by atoms with Crippen molar-refractivity contribution < 1.29 is 18.3 Å². The number of thiazole rings is 1. The number of aromatic nitrogens is 1. The van der Waals surface area contributed by atoms with Crippen LogP contribution in [0.4, 0.5) is 0 Å². The summed E-state index contributed by atoms with van der Waals surface area (Å²) in [5, 5.41) is 10.4. The van der Waals surface area contributed by atoms with Crippen LogP contribution >= 0.6 is 34.5 Å². The van der Waals surface area contributed by atoms with Crippen LogP contribution in [0, 0.1) is 0 Å². The van der Waals surface area contributed by atoms with E-state index in [-0.39, 0.29) is 27.2 Å². The number of nitrogens with zero attached hydrogens (tertiary/aromatic N) is 1. The molecular weight excluding hydrogens is 359 g/mol. The van der Waals surface area contributed by atoms with Gasteiger partial charge in [0.15, 0.2) is 5.69 Å². The Bertz CT molecular complexity index is 769. The minimum Gasteiger partial charge on any atom is -0.476 e. The third kappa shape index (κ3) is 3.72. The zero-order valence-electron chi connectivity index (χ0n) is 10.2. The van der Waals surface area contributed by atoms with E-state index >= 15 is 0 Å². The summed E-state index contributed by atoms with van der Waals surface area (Å²) in [7, 11) is -3.93. The van der Waals surface area contributed by atoms with Gasteiger partial charge in [-0.05, 0) is 12.1 Å². The summed E-state index contributed by atoms with van der Waals surface area (Å²) in [6.45, 7) is -0.151. The fraction of sp³-hybridized carbons (Fsp3) is 0.0909. The molecule has 0 aliphatic heterocycles. The lowest BCUT2D eigenvalue weighted by Crippen LogP contribution is -2.24. The number of rotatable bonds is 5. The molecule has 0 unspecified atom stereocenters. The highest BCUT2D eigenvalue weighted by atomic mass is 35.5. The maximum atomic E-state index is 12.2. The van der Waals surface area contributed by atoms with Crippen molar-refractivity contribution in [2.24, 2.45) is 0 Å². The van der Waals surface area contributed by atoms with Gasteiger partial charge in [-0.3, -0.25) is 0 Å². The molecule has 0 bridgehead atoms. The van der Waals surface area contributed by atoms with Gasteiger partial charge in [0.25, 0.3) is 0 Å². The van der Waals surface area contributed by atoms with E-state index in [1.165, 1.54) is 23.6 Å². The van der Waals surface area contributed by atoms with E-state index in [4.69, 9.17) is 28.3 Å². The van der Waals surface area contributed by atoms with E-state index in [0.29, 0.717) is 5.01 Å². The van der Waals surface area contributed by atoms with Crippen molar-refractivity contribution in [3.63, 3.8) is 0 Å². The molecule has 1 aromatic heterocycles. The van der Waals surface area contributed by atoms with E-state index in [2.05, 4.69) is 9.71 Å². The van der Waals surface area contributed by atoms with E-state index < -0.39 is 16.0 Å². The Hall–Kier alpha value is -1.19. The third-order valence-electron chi connectivity index (χ3n) is 2.37. The maximum Gasteiger partial charge on any atom is 0.355 e. The Morgan fingerprint density at radius 2 is 1.95 bits per heavy atom. The van der Waals surface area contributed by atoms with Gasteiger partial charge in [0.1, 0.15) is 9.90 Å². The van der Waals surface area contributed by atoms with E-state index in [1.54, 1.807) is 0 Å². The van der Waals surface area contributed by atoms with Crippen LogP contribution in [0.25, 0.3) is 0 Å². The van der Waals surface area contributed by atoms with Crippen LogP contribution in [0.1, 0.15) is 15.5 Å². The van der Waals surface area contributed by atoms with E-state index in [1.807, 2.05) is 0 Å². The van der Waals surface area contributed by atoms with Gasteiger partial charge in [0.05, 0.1) is 16.6 Å². The van der Waals surface area contributed by atoms with Crippen molar-refractivity contribution in [3.05, 3.63) is 44.3 Å². The molecular formula is C11H8Cl2N2O4S2. The third-order valence-corrected chi connectivity index (χ3v) is 5.58. The highest BCUT2D eigenvalue weighted by Gasteiger charge is 2.21. The Morgan fingerprint density at radius 3 is 2.48 bits per heavy atom. The number of nitrogens with one attached hydrogen (secondary N) is 1. The molecule has 0 amide bonds. The Balaban J connectivity index is 2.20. The SMILES string of the molecule is O=C(O)c1csc(CNS(=O)(=O)c2c(Cl)cccc2Cl)n1. The number of carboxylic acid groups (broad SMARTS) is 1. The lowest BCUT2D eigenvalue weighted by Gasteiger charge is -2.08. The summed E-state index contributed by atoms with van der Waals surface area (Å²) in [5.74, 6) is -1.17. The van der Waals surface area contributed by atoms with Crippen LogP contribution in [0.3, 0.4) is 0 Å². The van der Waals surface area contributed by atoms with Crippen molar-refractivity contribution in [2.45, 2.75) is 11.4 Å². The molecule has 0 saturated carbocycles. The Morgan fingerprint density at radius 1 is 1.33 bits per heavy atom. The molecule has 6 nitrogen and oxygen atoms in total. The van der Waals surface area contributed by atoms with Crippen molar-refractivity contribution in [1.82, 2.24) is 9.71 Å². The minimum absolute atomic E-state index is 0.000337. The van der Waals surface area contributed by atoms with Crippen LogP contribution in [0.15, 0.2) is 28.5 Å². The number of aromatic carboxylic acids is 1. The summed E-state index contributed by atoms with van der Waals surface area (Å²) in [4.78, 5) is 14.3. The van der Waals surface area contributed by atoms with E-state index in [0.717, 1.165) is 11.3 Å². The van der Waals surface area contributed by atoms with Crippen molar-refractivity contribution >= 4 is 50.5 Å². The second kappa shape index (κ2) is 6.29. The minimum atomic E-state index is -3.93. The van der Waals surface area contributed by atoms with Crippen molar-refractivity contribution in [2.75, 3.05) is 0 Å². The quantitative estimate of drug-likeness (QED) is 0.847. The van der Waals surface area contributed by atoms with Gasteiger partial charge in [0, 0.05) is 5.38 Å². The molecule has 0 saturated heterocycles. The zero-order valence-corrected chi connectivity index (χ0v) is 13.4. The van der Waals surface area contributed by atoms with Crippen LogP contribution < -0.4 is 4.72 Å². The summed E-state index contributed by atoms with van der Waals surface area (Å²) in [6.07, 6.45) is 0. The topological polar surface area (TPSA) is 96.4 Å². The number of halogens is 2. The first-order valence-electron chi connectivity index (χ1n) is 5.42. The van der Waals surface area contributed by atoms with Gasteiger partial charge in [-0.2, -0.15) is 0 Å². The Kier molecular flexibility index (Phi) is 4.84. The smallest absolute Gasteiger partial charge is 0.355 e. The molecule has 21 heavy (non-hydrogen) atoms. The fourth-order valence-corrected chi connectivity index (χ4v) is 4.39. The lowest BCUT2D eigenvalue weighted by atomic mass is 10.4. The summed E-state index contributed by atoms with van der Waals surface area (Å²) >= 11 is 12.7. The fourth-order valence-electron chi connectivity index (χ4n) is 1.46. The number of benzene rings is 1. The van der Waals surface area contributed by atoms with E-state index in [9.17, 15) is 13.2 Å². The zero-order chi connectivity index (χ0) is 15.6. The molecule has 2 rings (SSSR count). The average Bonchev–Trinajstić information content (AvgIpc) is 2.85. The van der Waals surface area contributed by atoms with Crippen molar-refractivity contribution in [3.8, 4) is 0 Å².